The molecule has 3 aliphatic rings. The highest BCUT2D eigenvalue weighted by molar-refractivity contribution is 6.36. The molecule has 6 nitrogen and oxygen atoms in total. The number of aromatic nitrogens is 1. The predicted octanol–water partition coefficient (Wildman–Crippen LogP) is 4.49. The molecule has 0 atom stereocenters. The quantitative estimate of drug-likeness (QED) is 0.409. The Morgan fingerprint density at radius 3 is 2.56 bits per heavy atom. The van der Waals surface area contributed by atoms with Crippen LogP contribution in [-0.4, -0.2) is 34.9 Å². The number of nitrogens with zero attached hydrogens (tertiary/aromatic N) is 1. The lowest BCUT2D eigenvalue weighted by Crippen LogP contribution is -2.37. The van der Waals surface area contributed by atoms with Gasteiger partial charge in [0.1, 0.15) is 11.4 Å². The van der Waals surface area contributed by atoms with E-state index in [-0.39, 0.29) is 29.9 Å². The van der Waals surface area contributed by atoms with Gasteiger partial charge in [0.15, 0.2) is 0 Å². The van der Waals surface area contributed by atoms with Crippen LogP contribution in [0.5, 0.6) is 0 Å². The molecule has 2 fully saturated rings. The zero-order chi connectivity index (χ0) is 24.9. The number of benzene rings is 1. The van der Waals surface area contributed by atoms with Gasteiger partial charge in [-0.25, -0.2) is 4.39 Å². The molecule has 2 heterocycles. The molecule has 5 rings (SSSR count). The molecule has 36 heavy (non-hydrogen) atoms. The Bertz CT molecular complexity index is 1280. The Hall–Kier alpha value is -3.08. The molecule has 1 aromatic heterocycles. The lowest BCUT2D eigenvalue weighted by molar-refractivity contribution is -0.113. The Labute approximate surface area is 217 Å². The van der Waals surface area contributed by atoms with Crippen LogP contribution in [-0.2, 0) is 4.79 Å². The number of H-pyrrole nitrogens is 1. The lowest BCUT2D eigenvalue weighted by atomic mass is 9.86. The molecule has 0 radical (unpaired) electrons. The summed E-state index contributed by atoms with van der Waals surface area (Å²) in [5.74, 6) is 1.50. The van der Waals surface area contributed by atoms with E-state index >= 15 is 4.39 Å². The minimum atomic E-state index is -0.688. The van der Waals surface area contributed by atoms with E-state index in [1.54, 1.807) is 11.0 Å². The van der Waals surface area contributed by atoms with Gasteiger partial charge in [-0.2, -0.15) is 0 Å². The Morgan fingerprint density at radius 1 is 1.28 bits per heavy atom. The SMILES string of the molecule is C#CC1(NC(=O)c2cc3c(cc2F)/C(=C/c2[nH]c(C)cc2C)C(=O)N3CC2CCC(N)CC2)CC1.Cl. The number of anilines is 1. The van der Waals surface area contributed by atoms with Crippen LogP contribution in [0.2, 0.25) is 0 Å². The van der Waals surface area contributed by atoms with E-state index in [0.29, 0.717) is 42.1 Å². The van der Waals surface area contributed by atoms with Crippen molar-refractivity contribution in [3.8, 4) is 12.3 Å². The van der Waals surface area contributed by atoms with E-state index < -0.39 is 17.3 Å². The van der Waals surface area contributed by atoms with Crippen LogP contribution < -0.4 is 16.0 Å². The second-order valence-corrected chi connectivity index (χ2v) is 10.3. The van der Waals surface area contributed by atoms with Crippen molar-refractivity contribution in [1.82, 2.24) is 10.3 Å². The highest BCUT2D eigenvalue weighted by Crippen LogP contribution is 2.42. The molecule has 0 bridgehead atoms. The molecule has 2 saturated carbocycles. The number of amides is 2. The number of halogens is 2. The molecule has 2 amide bonds. The van der Waals surface area contributed by atoms with Gasteiger partial charge in [0.25, 0.3) is 11.8 Å². The minimum Gasteiger partial charge on any atom is -0.359 e. The maximum absolute atomic E-state index is 15.3. The van der Waals surface area contributed by atoms with Crippen molar-refractivity contribution in [2.24, 2.45) is 11.7 Å². The van der Waals surface area contributed by atoms with Crippen LogP contribution in [0.3, 0.4) is 0 Å². The third-order valence-electron chi connectivity index (χ3n) is 7.58. The number of aryl methyl sites for hydroxylation is 2. The molecular weight excluding hydrogens is 479 g/mol. The maximum Gasteiger partial charge on any atom is 0.259 e. The number of hydrogen-bond donors (Lipinski definition) is 3. The van der Waals surface area contributed by atoms with Crippen molar-refractivity contribution >= 4 is 41.6 Å². The third kappa shape index (κ3) is 4.80. The molecule has 0 saturated heterocycles. The third-order valence-corrected chi connectivity index (χ3v) is 7.58. The number of carbonyl (C=O) groups is 2. The van der Waals surface area contributed by atoms with Crippen LogP contribution in [0.15, 0.2) is 18.2 Å². The van der Waals surface area contributed by atoms with Gasteiger partial charge in [0.05, 0.1) is 16.8 Å². The molecule has 190 valence electrons. The van der Waals surface area contributed by atoms with Crippen molar-refractivity contribution < 1.29 is 14.0 Å². The average Bonchev–Trinajstić information content (AvgIpc) is 3.46. The van der Waals surface area contributed by atoms with E-state index in [0.717, 1.165) is 42.6 Å². The lowest BCUT2D eigenvalue weighted by Gasteiger charge is -2.30. The fraction of sp³-hybridized carbons (Fsp3) is 0.429. The van der Waals surface area contributed by atoms with Gasteiger partial charge >= 0.3 is 0 Å². The standard InChI is InChI=1S/C28H31FN4O2.ClH/c1-4-28(9-10-28)32-26(34)22-14-25-20(12-23(22)29)21(13-24-16(2)11-17(3)31-24)27(35)33(25)15-18-5-7-19(30)8-6-18;/h1,11-14,18-19,31H,5-10,15,30H2,2-3H3,(H,32,34);1H/b21-13-;. The first kappa shape index (κ1) is 26.0. The summed E-state index contributed by atoms with van der Waals surface area (Å²) in [6.07, 6.45) is 12.4. The largest absolute Gasteiger partial charge is 0.359 e. The fourth-order valence-electron chi connectivity index (χ4n) is 5.25. The summed E-state index contributed by atoms with van der Waals surface area (Å²) in [6.45, 7) is 4.43. The molecule has 4 N–H and O–H groups in total. The van der Waals surface area contributed by atoms with E-state index in [1.807, 2.05) is 19.9 Å². The normalized spacial score (nSPS) is 23.1. The fourth-order valence-corrected chi connectivity index (χ4v) is 5.25. The molecule has 2 aliphatic carbocycles. The summed E-state index contributed by atoms with van der Waals surface area (Å²) < 4.78 is 15.3. The number of nitrogens with one attached hydrogen (secondary N) is 2. The second kappa shape index (κ2) is 9.76. The summed E-state index contributed by atoms with van der Waals surface area (Å²) in [5.41, 5.74) is 9.58. The predicted molar refractivity (Wildman–Crippen MR) is 142 cm³/mol. The molecule has 0 spiro atoms. The van der Waals surface area contributed by atoms with Crippen LogP contribution in [0.25, 0.3) is 11.6 Å². The van der Waals surface area contributed by atoms with Gasteiger partial charge in [-0.15, -0.1) is 18.8 Å². The number of nitrogens with two attached hydrogens (primary N) is 1. The van der Waals surface area contributed by atoms with Crippen molar-refractivity contribution in [2.45, 2.75) is 64.0 Å². The number of rotatable bonds is 5. The van der Waals surface area contributed by atoms with E-state index in [2.05, 4.69) is 16.2 Å². The number of carbonyl (C=O) groups excluding carboxylic acids is 2. The van der Waals surface area contributed by atoms with Gasteiger partial charge in [-0.3, -0.25) is 9.59 Å². The number of terminal acetylenes is 1. The first-order chi connectivity index (χ1) is 16.7. The highest BCUT2D eigenvalue weighted by atomic mass is 35.5. The van der Waals surface area contributed by atoms with Crippen molar-refractivity contribution in [2.75, 3.05) is 11.4 Å². The summed E-state index contributed by atoms with van der Waals surface area (Å²) in [5, 5.41) is 2.79. The van der Waals surface area contributed by atoms with E-state index in [1.165, 1.54) is 12.1 Å². The minimum absolute atomic E-state index is 0. The van der Waals surface area contributed by atoms with E-state index in [4.69, 9.17) is 12.2 Å². The molecule has 0 unspecified atom stereocenters. The van der Waals surface area contributed by atoms with Crippen molar-refractivity contribution in [3.05, 3.63) is 52.1 Å². The van der Waals surface area contributed by atoms with Crippen LogP contribution in [0.1, 0.15) is 71.4 Å². The zero-order valence-electron chi connectivity index (χ0n) is 20.6. The van der Waals surface area contributed by atoms with E-state index in [9.17, 15) is 9.59 Å². The van der Waals surface area contributed by atoms with Crippen LogP contribution >= 0.6 is 12.4 Å². The molecule has 1 aliphatic heterocycles. The summed E-state index contributed by atoms with van der Waals surface area (Å²) in [6, 6.07) is 5.03. The number of aromatic amines is 1. The maximum atomic E-state index is 15.3. The first-order valence-corrected chi connectivity index (χ1v) is 12.3. The first-order valence-electron chi connectivity index (χ1n) is 12.3. The monoisotopic (exact) mass is 510 g/mol. The summed E-state index contributed by atoms with van der Waals surface area (Å²) in [4.78, 5) is 31.6. The highest BCUT2D eigenvalue weighted by Gasteiger charge is 2.43. The van der Waals surface area contributed by atoms with Gasteiger partial charge in [-0.05, 0) is 88.1 Å². The molecule has 2 aromatic rings. The second-order valence-electron chi connectivity index (χ2n) is 10.3. The van der Waals surface area contributed by atoms with Crippen molar-refractivity contribution in [1.29, 1.82) is 0 Å². The smallest absolute Gasteiger partial charge is 0.259 e. The van der Waals surface area contributed by atoms with Crippen LogP contribution in [0.4, 0.5) is 10.1 Å². The summed E-state index contributed by atoms with van der Waals surface area (Å²) in [7, 11) is 0. The Morgan fingerprint density at radius 2 is 1.97 bits per heavy atom. The average molecular weight is 511 g/mol. The Kier molecular flexibility index (Phi) is 7.05. The molecule has 1 aromatic carbocycles. The topological polar surface area (TPSA) is 91.2 Å². The van der Waals surface area contributed by atoms with Crippen LogP contribution in [0, 0.1) is 37.9 Å². The van der Waals surface area contributed by atoms with Gasteiger partial charge in [0.2, 0.25) is 0 Å². The van der Waals surface area contributed by atoms with Crippen molar-refractivity contribution in [3.63, 3.8) is 0 Å². The zero-order valence-corrected chi connectivity index (χ0v) is 21.4. The molecule has 8 heteroatoms. The number of hydrogen-bond acceptors (Lipinski definition) is 3. The Balaban J connectivity index is 0.00000304. The van der Waals surface area contributed by atoms with Gasteiger partial charge in [0, 0.05) is 29.5 Å². The van der Waals surface area contributed by atoms with Gasteiger partial charge in [-0.1, -0.05) is 5.92 Å². The van der Waals surface area contributed by atoms with Gasteiger partial charge < -0.3 is 20.9 Å². The molecular formula is C28H32ClFN4O2. The number of fused-ring (bicyclic) bond motifs is 1. The summed E-state index contributed by atoms with van der Waals surface area (Å²) >= 11 is 0.